The van der Waals surface area contributed by atoms with Crippen LogP contribution < -0.4 is 10.5 Å². The number of nitrogen functional groups attached to an aromatic ring is 1. The third kappa shape index (κ3) is 3.68. The Kier molecular flexibility index (Phi) is 5.37. The molecule has 0 bridgehead atoms. The summed E-state index contributed by atoms with van der Waals surface area (Å²) < 4.78 is 27.7. The predicted octanol–water partition coefficient (Wildman–Crippen LogP) is 1.86. The minimum atomic E-state index is -3.69. The molecule has 1 aromatic carbocycles. The number of anilines is 1. The first-order chi connectivity index (χ1) is 8.80. The van der Waals surface area contributed by atoms with Crippen molar-refractivity contribution in [2.24, 2.45) is 0 Å². The quantitative estimate of drug-likeness (QED) is 0.682. The molecule has 0 unspecified atom stereocenters. The fraction of sp³-hybridized carbons (Fsp3) is 0.500. The number of hydrogen-bond acceptors (Lipinski definition) is 4. The minimum Gasteiger partial charge on any atom is -0.398 e. The monoisotopic (exact) mass is 350 g/mol. The van der Waals surface area contributed by atoms with E-state index in [0.717, 1.165) is 0 Å². The van der Waals surface area contributed by atoms with E-state index in [1.54, 1.807) is 0 Å². The zero-order chi connectivity index (χ0) is 14.7. The first-order valence-electron chi connectivity index (χ1n) is 6.00. The second-order valence-electron chi connectivity index (χ2n) is 4.43. The Morgan fingerprint density at radius 3 is 2.37 bits per heavy atom. The predicted molar refractivity (Wildman–Crippen MR) is 79.3 cm³/mol. The highest BCUT2D eigenvalue weighted by Gasteiger charge is 2.31. The van der Waals surface area contributed by atoms with Gasteiger partial charge in [0.05, 0.1) is 17.0 Å². The number of rotatable bonds is 6. The van der Waals surface area contributed by atoms with Crippen LogP contribution in [0.5, 0.6) is 0 Å². The van der Waals surface area contributed by atoms with Crippen molar-refractivity contribution in [2.75, 3.05) is 12.3 Å². The maximum absolute atomic E-state index is 12.3. The standard InChI is InChI=1S/C12H19BrN2O3S/c1-3-12(4-2,8-16)15-19(17,18)9-5-6-11(14)10(13)7-9/h5-7,15-16H,3-4,8,14H2,1-2H3. The van der Waals surface area contributed by atoms with Crippen molar-refractivity contribution in [3.63, 3.8) is 0 Å². The number of benzene rings is 1. The van der Waals surface area contributed by atoms with Crippen molar-refractivity contribution in [1.29, 1.82) is 0 Å². The van der Waals surface area contributed by atoms with Gasteiger partial charge in [0.1, 0.15) is 0 Å². The van der Waals surface area contributed by atoms with Crippen LogP contribution in [0.1, 0.15) is 26.7 Å². The van der Waals surface area contributed by atoms with E-state index in [0.29, 0.717) is 23.0 Å². The highest BCUT2D eigenvalue weighted by Crippen LogP contribution is 2.25. The lowest BCUT2D eigenvalue weighted by atomic mass is 9.96. The number of halogens is 1. The van der Waals surface area contributed by atoms with E-state index in [1.165, 1.54) is 18.2 Å². The Labute approximate surface area is 122 Å². The van der Waals surface area contributed by atoms with Gasteiger partial charge < -0.3 is 10.8 Å². The van der Waals surface area contributed by atoms with Gasteiger partial charge in [0.25, 0.3) is 0 Å². The van der Waals surface area contributed by atoms with E-state index >= 15 is 0 Å². The molecule has 0 heterocycles. The fourth-order valence-corrected chi connectivity index (χ4v) is 3.76. The van der Waals surface area contributed by atoms with E-state index in [-0.39, 0.29) is 11.5 Å². The lowest BCUT2D eigenvalue weighted by Crippen LogP contribution is -2.50. The van der Waals surface area contributed by atoms with E-state index in [1.807, 2.05) is 13.8 Å². The maximum atomic E-state index is 12.3. The molecule has 0 aliphatic heterocycles. The van der Waals surface area contributed by atoms with E-state index < -0.39 is 15.6 Å². The summed E-state index contributed by atoms with van der Waals surface area (Å²) in [6.07, 6.45) is 1.02. The lowest BCUT2D eigenvalue weighted by Gasteiger charge is -2.30. The lowest BCUT2D eigenvalue weighted by molar-refractivity contribution is 0.172. The average molecular weight is 351 g/mol. The number of hydrogen-bond donors (Lipinski definition) is 3. The summed E-state index contributed by atoms with van der Waals surface area (Å²) in [4.78, 5) is 0.119. The van der Waals surface area contributed by atoms with E-state index in [4.69, 9.17) is 5.73 Å². The average Bonchev–Trinajstić information content (AvgIpc) is 2.39. The van der Waals surface area contributed by atoms with Gasteiger partial charge in [-0.1, -0.05) is 13.8 Å². The van der Waals surface area contributed by atoms with Crippen molar-refractivity contribution in [1.82, 2.24) is 4.72 Å². The summed E-state index contributed by atoms with van der Waals surface area (Å²) in [6.45, 7) is 3.43. The largest absolute Gasteiger partial charge is 0.398 e. The molecule has 1 rings (SSSR count). The van der Waals surface area contributed by atoms with Crippen molar-refractivity contribution in [3.8, 4) is 0 Å². The van der Waals surface area contributed by atoms with Crippen LogP contribution in [0.4, 0.5) is 5.69 Å². The summed E-state index contributed by atoms with van der Waals surface area (Å²) in [5.41, 5.74) is 5.28. The normalized spacial score (nSPS) is 12.6. The van der Waals surface area contributed by atoms with E-state index in [9.17, 15) is 13.5 Å². The van der Waals surface area contributed by atoms with Crippen LogP contribution in [0.15, 0.2) is 27.6 Å². The first-order valence-corrected chi connectivity index (χ1v) is 8.27. The third-order valence-electron chi connectivity index (χ3n) is 3.29. The summed E-state index contributed by atoms with van der Waals surface area (Å²) >= 11 is 3.20. The van der Waals surface area contributed by atoms with Crippen LogP contribution in [0.2, 0.25) is 0 Å². The second-order valence-corrected chi connectivity index (χ2v) is 6.97. The summed E-state index contributed by atoms with van der Waals surface area (Å²) in [7, 11) is -3.69. The molecule has 1 aromatic rings. The molecule has 0 aromatic heterocycles. The third-order valence-corrected chi connectivity index (χ3v) is 5.55. The summed E-state index contributed by atoms with van der Waals surface area (Å²) in [5.74, 6) is 0. The molecule has 0 saturated carbocycles. The molecule has 0 atom stereocenters. The molecular formula is C12H19BrN2O3S. The van der Waals surface area contributed by atoms with Crippen LogP contribution in [-0.4, -0.2) is 25.7 Å². The number of nitrogens with one attached hydrogen (secondary N) is 1. The molecule has 19 heavy (non-hydrogen) atoms. The molecule has 7 heteroatoms. The van der Waals surface area contributed by atoms with Crippen LogP contribution in [0.25, 0.3) is 0 Å². The summed E-state index contributed by atoms with van der Waals surface area (Å²) in [6, 6.07) is 4.41. The van der Waals surface area contributed by atoms with Gasteiger partial charge in [0, 0.05) is 10.2 Å². The Balaban J connectivity index is 3.14. The molecule has 0 aliphatic rings. The second kappa shape index (κ2) is 6.21. The van der Waals surface area contributed by atoms with Crippen LogP contribution >= 0.6 is 15.9 Å². The van der Waals surface area contributed by atoms with Gasteiger partial charge in [-0.2, -0.15) is 0 Å². The molecule has 0 radical (unpaired) electrons. The van der Waals surface area contributed by atoms with Gasteiger partial charge in [-0.3, -0.25) is 0 Å². The Bertz CT molecular complexity index is 534. The zero-order valence-corrected chi connectivity index (χ0v) is 13.4. The maximum Gasteiger partial charge on any atom is 0.241 e. The van der Waals surface area contributed by atoms with Gasteiger partial charge >= 0.3 is 0 Å². The van der Waals surface area contributed by atoms with Crippen LogP contribution in [0, 0.1) is 0 Å². The number of nitrogens with two attached hydrogens (primary N) is 1. The molecule has 0 fully saturated rings. The Morgan fingerprint density at radius 2 is 1.95 bits per heavy atom. The van der Waals surface area contributed by atoms with Crippen LogP contribution in [-0.2, 0) is 10.0 Å². The van der Waals surface area contributed by atoms with Gasteiger partial charge in [-0.05, 0) is 47.0 Å². The first kappa shape index (κ1) is 16.4. The molecule has 0 aliphatic carbocycles. The smallest absolute Gasteiger partial charge is 0.241 e. The number of sulfonamides is 1. The molecule has 108 valence electrons. The highest BCUT2D eigenvalue weighted by atomic mass is 79.9. The SMILES string of the molecule is CCC(CC)(CO)NS(=O)(=O)c1ccc(N)c(Br)c1. The van der Waals surface area contributed by atoms with E-state index in [2.05, 4.69) is 20.7 Å². The van der Waals surface area contributed by atoms with Crippen molar-refractivity contribution in [3.05, 3.63) is 22.7 Å². The number of aliphatic hydroxyl groups is 1. The fourth-order valence-electron chi connectivity index (χ4n) is 1.67. The molecule has 5 nitrogen and oxygen atoms in total. The topological polar surface area (TPSA) is 92.4 Å². The zero-order valence-electron chi connectivity index (χ0n) is 11.0. The van der Waals surface area contributed by atoms with Crippen LogP contribution in [0.3, 0.4) is 0 Å². The van der Waals surface area contributed by atoms with Gasteiger partial charge in [0.2, 0.25) is 10.0 Å². The van der Waals surface area contributed by atoms with Gasteiger partial charge in [-0.15, -0.1) is 0 Å². The molecule has 0 spiro atoms. The number of aliphatic hydroxyl groups excluding tert-OH is 1. The van der Waals surface area contributed by atoms with Gasteiger partial charge in [-0.25, -0.2) is 13.1 Å². The Hall–Kier alpha value is -0.630. The minimum absolute atomic E-state index is 0.119. The van der Waals surface area contributed by atoms with Crippen molar-refractivity contribution < 1.29 is 13.5 Å². The summed E-state index contributed by atoms with van der Waals surface area (Å²) in [5, 5.41) is 9.43. The van der Waals surface area contributed by atoms with Crippen molar-refractivity contribution in [2.45, 2.75) is 37.1 Å². The molecule has 0 amide bonds. The molecular weight excluding hydrogens is 332 g/mol. The van der Waals surface area contributed by atoms with Gasteiger partial charge in [0.15, 0.2) is 0 Å². The Morgan fingerprint density at radius 1 is 1.37 bits per heavy atom. The molecule has 0 saturated heterocycles. The van der Waals surface area contributed by atoms with Crippen molar-refractivity contribution >= 4 is 31.6 Å². The highest BCUT2D eigenvalue weighted by molar-refractivity contribution is 9.10. The molecule has 4 N–H and O–H groups in total.